The lowest BCUT2D eigenvalue weighted by molar-refractivity contribution is 0.1000. The van der Waals surface area contributed by atoms with Crippen molar-refractivity contribution in [1.29, 1.82) is 0 Å². The molecule has 0 bridgehead atoms. The van der Waals surface area contributed by atoms with Gasteiger partial charge in [0.2, 0.25) is 15.9 Å². The van der Waals surface area contributed by atoms with Crippen molar-refractivity contribution in [3.8, 4) is 0 Å². The zero-order valence-electron chi connectivity index (χ0n) is 10.4. The molecule has 0 saturated carbocycles. The summed E-state index contributed by atoms with van der Waals surface area (Å²) in [6.07, 6.45) is 0. The van der Waals surface area contributed by atoms with Gasteiger partial charge in [-0.05, 0) is 40.6 Å². The number of hydrogen-bond acceptors (Lipinski definition) is 5. The Hall–Kier alpha value is -1.90. The standard InChI is InChI=1S/C12H13N3O3S2/c13-10-5-9(12(14)16)1-2-11(10)20(17,18)15-6-8-3-4-19-7-8/h1-5,7,15H,6,13H2,(H2,14,16). The Morgan fingerprint density at radius 3 is 2.60 bits per heavy atom. The summed E-state index contributed by atoms with van der Waals surface area (Å²) in [4.78, 5) is 10.9. The van der Waals surface area contributed by atoms with Crippen molar-refractivity contribution in [1.82, 2.24) is 4.72 Å². The highest BCUT2D eigenvalue weighted by Crippen LogP contribution is 2.20. The van der Waals surface area contributed by atoms with Gasteiger partial charge in [-0.15, -0.1) is 0 Å². The van der Waals surface area contributed by atoms with Gasteiger partial charge in [0.1, 0.15) is 4.90 Å². The number of thiophene rings is 1. The zero-order chi connectivity index (χ0) is 14.8. The number of hydrogen-bond donors (Lipinski definition) is 3. The van der Waals surface area contributed by atoms with Crippen LogP contribution in [-0.2, 0) is 16.6 Å². The molecule has 6 nitrogen and oxygen atoms in total. The molecular weight excluding hydrogens is 298 g/mol. The Labute approximate surface area is 120 Å². The normalized spacial score (nSPS) is 11.4. The molecule has 2 rings (SSSR count). The van der Waals surface area contributed by atoms with Gasteiger partial charge in [-0.1, -0.05) is 0 Å². The molecule has 2 aromatic rings. The summed E-state index contributed by atoms with van der Waals surface area (Å²) in [6, 6.07) is 5.68. The first-order valence-corrected chi connectivity index (χ1v) is 8.03. The van der Waals surface area contributed by atoms with Gasteiger partial charge >= 0.3 is 0 Å². The average molecular weight is 311 g/mol. The van der Waals surface area contributed by atoms with Gasteiger partial charge in [-0.25, -0.2) is 13.1 Å². The van der Waals surface area contributed by atoms with E-state index in [0.29, 0.717) is 0 Å². The molecule has 0 spiro atoms. The number of sulfonamides is 1. The number of nitrogens with two attached hydrogens (primary N) is 2. The van der Waals surface area contributed by atoms with E-state index < -0.39 is 15.9 Å². The molecule has 1 amide bonds. The predicted octanol–water partition coefficient (Wildman–Crippen LogP) is 0.908. The first-order valence-electron chi connectivity index (χ1n) is 5.60. The average Bonchev–Trinajstić information content (AvgIpc) is 2.89. The molecule has 0 saturated heterocycles. The number of carbonyl (C=O) groups excluding carboxylic acids is 1. The van der Waals surface area contributed by atoms with Crippen molar-refractivity contribution in [3.05, 3.63) is 46.2 Å². The number of nitrogens with one attached hydrogen (secondary N) is 1. The van der Waals surface area contributed by atoms with Gasteiger partial charge < -0.3 is 11.5 Å². The second kappa shape index (κ2) is 5.61. The Bertz CT molecular complexity index is 724. The Balaban J connectivity index is 2.23. The van der Waals surface area contributed by atoms with Crippen LogP contribution in [0.1, 0.15) is 15.9 Å². The van der Waals surface area contributed by atoms with E-state index in [1.165, 1.54) is 29.5 Å². The molecule has 1 aromatic heterocycles. The third kappa shape index (κ3) is 3.16. The first-order chi connectivity index (χ1) is 9.40. The molecule has 5 N–H and O–H groups in total. The minimum Gasteiger partial charge on any atom is -0.398 e. The fourth-order valence-electron chi connectivity index (χ4n) is 1.60. The van der Waals surface area contributed by atoms with E-state index in [4.69, 9.17) is 11.5 Å². The van der Waals surface area contributed by atoms with Gasteiger partial charge in [-0.2, -0.15) is 11.3 Å². The number of benzene rings is 1. The predicted molar refractivity (Wildman–Crippen MR) is 77.7 cm³/mol. The van der Waals surface area contributed by atoms with E-state index in [1.54, 1.807) is 0 Å². The molecule has 0 unspecified atom stereocenters. The van der Waals surface area contributed by atoms with Crippen LogP contribution in [0.2, 0.25) is 0 Å². The third-order valence-electron chi connectivity index (χ3n) is 2.63. The van der Waals surface area contributed by atoms with Gasteiger partial charge in [0.15, 0.2) is 0 Å². The van der Waals surface area contributed by atoms with Gasteiger partial charge in [0, 0.05) is 12.1 Å². The minimum atomic E-state index is -3.73. The summed E-state index contributed by atoms with van der Waals surface area (Å²) in [7, 11) is -3.73. The fraction of sp³-hybridized carbons (Fsp3) is 0.0833. The molecule has 0 aliphatic carbocycles. The monoisotopic (exact) mass is 311 g/mol. The summed E-state index contributed by atoms with van der Waals surface area (Å²) in [5, 5.41) is 3.71. The van der Waals surface area contributed by atoms with Crippen LogP contribution in [0.3, 0.4) is 0 Å². The summed E-state index contributed by atoms with van der Waals surface area (Å²) in [5.74, 6) is -0.660. The van der Waals surface area contributed by atoms with Crippen LogP contribution >= 0.6 is 11.3 Å². The van der Waals surface area contributed by atoms with Crippen molar-refractivity contribution < 1.29 is 13.2 Å². The molecule has 0 fully saturated rings. The van der Waals surface area contributed by atoms with Crippen LogP contribution in [0.5, 0.6) is 0 Å². The fourth-order valence-corrected chi connectivity index (χ4v) is 3.39. The number of amides is 1. The third-order valence-corrected chi connectivity index (χ3v) is 4.84. The summed E-state index contributed by atoms with van der Waals surface area (Å²) >= 11 is 1.48. The SMILES string of the molecule is NC(=O)c1ccc(S(=O)(=O)NCc2ccsc2)c(N)c1. The van der Waals surface area contributed by atoms with Crippen LogP contribution in [-0.4, -0.2) is 14.3 Å². The highest BCUT2D eigenvalue weighted by atomic mass is 32.2. The van der Waals surface area contributed by atoms with E-state index in [1.807, 2.05) is 16.8 Å². The van der Waals surface area contributed by atoms with Gasteiger partial charge in [0.25, 0.3) is 0 Å². The van der Waals surface area contributed by atoms with Crippen LogP contribution < -0.4 is 16.2 Å². The minimum absolute atomic E-state index is 0.0147. The van der Waals surface area contributed by atoms with E-state index in [2.05, 4.69) is 4.72 Å². The molecule has 106 valence electrons. The second-order valence-electron chi connectivity index (χ2n) is 4.07. The van der Waals surface area contributed by atoms with Crippen molar-refractivity contribution in [2.75, 3.05) is 5.73 Å². The van der Waals surface area contributed by atoms with Crippen molar-refractivity contribution in [2.45, 2.75) is 11.4 Å². The largest absolute Gasteiger partial charge is 0.398 e. The van der Waals surface area contributed by atoms with Crippen molar-refractivity contribution in [3.63, 3.8) is 0 Å². The molecule has 20 heavy (non-hydrogen) atoms. The lowest BCUT2D eigenvalue weighted by atomic mass is 10.2. The van der Waals surface area contributed by atoms with Crippen LogP contribution in [0, 0.1) is 0 Å². The Morgan fingerprint density at radius 1 is 1.30 bits per heavy atom. The molecule has 0 atom stereocenters. The van der Waals surface area contributed by atoms with Gasteiger partial charge in [-0.3, -0.25) is 4.79 Å². The summed E-state index contributed by atoms with van der Waals surface area (Å²) in [6.45, 7) is 0.183. The van der Waals surface area contributed by atoms with E-state index in [0.717, 1.165) is 5.56 Å². The molecular formula is C12H13N3O3S2. The highest BCUT2D eigenvalue weighted by Gasteiger charge is 2.18. The first kappa shape index (κ1) is 14.5. The van der Waals surface area contributed by atoms with Crippen LogP contribution in [0.15, 0.2) is 39.9 Å². The van der Waals surface area contributed by atoms with Gasteiger partial charge in [0.05, 0.1) is 5.69 Å². The van der Waals surface area contributed by atoms with E-state index in [-0.39, 0.29) is 22.7 Å². The van der Waals surface area contributed by atoms with E-state index >= 15 is 0 Å². The summed E-state index contributed by atoms with van der Waals surface area (Å²) in [5.41, 5.74) is 11.8. The maximum absolute atomic E-state index is 12.1. The van der Waals surface area contributed by atoms with Crippen molar-refractivity contribution >= 4 is 33.0 Å². The Kier molecular flexibility index (Phi) is 4.07. The number of carbonyl (C=O) groups is 1. The zero-order valence-corrected chi connectivity index (χ0v) is 12.0. The maximum atomic E-state index is 12.1. The maximum Gasteiger partial charge on any atom is 0.248 e. The number of rotatable bonds is 5. The summed E-state index contributed by atoms with van der Waals surface area (Å²) < 4.78 is 26.7. The molecule has 1 aromatic carbocycles. The van der Waals surface area contributed by atoms with Crippen molar-refractivity contribution in [2.24, 2.45) is 5.73 Å². The quantitative estimate of drug-likeness (QED) is 0.712. The topological polar surface area (TPSA) is 115 Å². The Morgan fingerprint density at radius 2 is 2.05 bits per heavy atom. The molecule has 0 aliphatic heterocycles. The highest BCUT2D eigenvalue weighted by molar-refractivity contribution is 7.89. The number of nitrogen functional groups attached to an aromatic ring is 1. The number of anilines is 1. The number of primary amides is 1. The molecule has 0 aliphatic rings. The lowest BCUT2D eigenvalue weighted by Crippen LogP contribution is -2.24. The van der Waals surface area contributed by atoms with Crippen LogP contribution in [0.4, 0.5) is 5.69 Å². The molecule has 8 heteroatoms. The molecule has 0 radical (unpaired) electrons. The smallest absolute Gasteiger partial charge is 0.248 e. The molecule has 1 heterocycles. The van der Waals surface area contributed by atoms with Crippen LogP contribution in [0.25, 0.3) is 0 Å². The second-order valence-corrected chi connectivity index (χ2v) is 6.59. The van der Waals surface area contributed by atoms with E-state index in [9.17, 15) is 13.2 Å². The lowest BCUT2D eigenvalue weighted by Gasteiger charge is -2.09.